The molecule has 134 valence electrons. The molecule has 2 N–H and O–H groups in total. The molecule has 24 heavy (non-hydrogen) atoms. The molecule has 1 saturated heterocycles. The monoisotopic (exact) mass is 356 g/mol. The van der Waals surface area contributed by atoms with E-state index in [1.807, 2.05) is 0 Å². The van der Waals surface area contributed by atoms with E-state index in [1.165, 1.54) is 10.4 Å². The minimum absolute atomic E-state index is 0.131. The Bertz CT molecular complexity index is 669. The summed E-state index contributed by atoms with van der Waals surface area (Å²) in [5.41, 5.74) is 0.656. The summed E-state index contributed by atoms with van der Waals surface area (Å²) in [4.78, 5) is 11.7. The molecule has 0 aromatic heterocycles. The van der Waals surface area contributed by atoms with Crippen molar-refractivity contribution in [1.82, 2.24) is 9.62 Å². The van der Waals surface area contributed by atoms with E-state index in [-0.39, 0.29) is 30.6 Å². The van der Waals surface area contributed by atoms with Crippen molar-refractivity contribution in [3.63, 3.8) is 0 Å². The summed E-state index contributed by atoms with van der Waals surface area (Å²) < 4.78 is 32.2. The van der Waals surface area contributed by atoms with Crippen LogP contribution in [0.15, 0.2) is 23.1 Å². The van der Waals surface area contributed by atoms with Gasteiger partial charge in [-0.2, -0.15) is 4.31 Å². The van der Waals surface area contributed by atoms with Gasteiger partial charge in [0.25, 0.3) is 5.91 Å². The van der Waals surface area contributed by atoms with Crippen LogP contribution in [0.1, 0.15) is 24.8 Å². The molecule has 1 aliphatic rings. The fraction of sp³-hybridized carbons (Fsp3) is 0.562. The van der Waals surface area contributed by atoms with Crippen LogP contribution in [-0.4, -0.2) is 56.6 Å². The van der Waals surface area contributed by atoms with Crippen molar-refractivity contribution in [2.24, 2.45) is 0 Å². The summed E-state index contributed by atoms with van der Waals surface area (Å²) in [5.74, 6) is 0.125. The number of nitrogens with zero attached hydrogens (tertiary/aromatic N) is 1. The summed E-state index contributed by atoms with van der Waals surface area (Å²) >= 11 is 0. The number of aryl methyl sites for hydroxylation is 1. The second-order valence-corrected chi connectivity index (χ2v) is 7.69. The average Bonchev–Trinajstić information content (AvgIpc) is 2.59. The van der Waals surface area contributed by atoms with Crippen LogP contribution in [0, 0.1) is 6.92 Å². The Morgan fingerprint density at radius 2 is 2.00 bits per heavy atom. The maximum Gasteiger partial charge on any atom is 0.258 e. The number of aliphatic hydroxyl groups excluding tert-OH is 1. The standard InChI is InChI=1S/C16H24N2O5S/c1-13-11-14(24(21,22)18-8-3-2-4-9-18)5-6-15(13)23-12-16(20)17-7-10-19/h5-6,11,19H,2-4,7-10,12H2,1H3,(H,17,20). The lowest BCUT2D eigenvalue weighted by Crippen LogP contribution is -2.35. The number of amides is 1. The second kappa shape index (κ2) is 8.46. The Morgan fingerprint density at radius 3 is 2.62 bits per heavy atom. The van der Waals surface area contributed by atoms with Crippen molar-refractivity contribution < 1.29 is 23.1 Å². The van der Waals surface area contributed by atoms with E-state index in [1.54, 1.807) is 19.1 Å². The normalized spacial score (nSPS) is 15.9. The van der Waals surface area contributed by atoms with Gasteiger partial charge in [0.15, 0.2) is 6.61 Å². The van der Waals surface area contributed by atoms with Gasteiger partial charge in [-0.3, -0.25) is 4.79 Å². The van der Waals surface area contributed by atoms with Gasteiger partial charge in [-0.05, 0) is 43.5 Å². The number of carbonyl (C=O) groups excluding carboxylic acids is 1. The Hall–Kier alpha value is -1.64. The molecule has 0 radical (unpaired) electrons. The fourth-order valence-electron chi connectivity index (χ4n) is 2.59. The van der Waals surface area contributed by atoms with Crippen LogP contribution in [0.4, 0.5) is 0 Å². The van der Waals surface area contributed by atoms with Gasteiger partial charge in [-0.25, -0.2) is 8.42 Å². The molecule has 1 amide bonds. The smallest absolute Gasteiger partial charge is 0.258 e. The van der Waals surface area contributed by atoms with Gasteiger partial charge in [0, 0.05) is 19.6 Å². The number of ether oxygens (including phenoxy) is 1. The highest BCUT2D eigenvalue weighted by Crippen LogP contribution is 2.25. The van der Waals surface area contributed by atoms with Gasteiger partial charge in [-0.15, -0.1) is 0 Å². The van der Waals surface area contributed by atoms with Gasteiger partial charge >= 0.3 is 0 Å². The minimum atomic E-state index is -3.47. The van der Waals surface area contributed by atoms with Crippen LogP contribution in [0.3, 0.4) is 0 Å². The lowest BCUT2D eigenvalue weighted by atomic mass is 10.2. The van der Waals surface area contributed by atoms with E-state index >= 15 is 0 Å². The van der Waals surface area contributed by atoms with E-state index in [2.05, 4.69) is 5.32 Å². The van der Waals surface area contributed by atoms with E-state index in [0.717, 1.165) is 19.3 Å². The highest BCUT2D eigenvalue weighted by atomic mass is 32.2. The average molecular weight is 356 g/mol. The van der Waals surface area contributed by atoms with Crippen molar-refractivity contribution in [3.8, 4) is 5.75 Å². The molecule has 7 nitrogen and oxygen atoms in total. The maximum atomic E-state index is 12.6. The van der Waals surface area contributed by atoms with Gasteiger partial charge in [0.1, 0.15) is 5.75 Å². The zero-order valence-electron chi connectivity index (χ0n) is 13.8. The maximum absolute atomic E-state index is 12.6. The summed E-state index contributed by atoms with van der Waals surface area (Å²) in [5, 5.41) is 11.1. The lowest BCUT2D eigenvalue weighted by molar-refractivity contribution is -0.123. The van der Waals surface area contributed by atoms with Crippen LogP contribution < -0.4 is 10.1 Å². The predicted octanol–water partition coefficient (Wildman–Crippen LogP) is 0.657. The molecule has 0 unspecified atom stereocenters. The summed E-state index contributed by atoms with van der Waals surface area (Å²) in [7, 11) is -3.47. The first-order valence-electron chi connectivity index (χ1n) is 8.06. The van der Waals surface area contributed by atoms with Gasteiger partial charge < -0.3 is 15.2 Å². The topological polar surface area (TPSA) is 95.9 Å². The first kappa shape index (κ1) is 18.7. The van der Waals surface area contributed by atoms with Gasteiger partial charge in [0.05, 0.1) is 11.5 Å². The third-order valence-electron chi connectivity index (χ3n) is 3.89. The molecule has 0 saturated carbocycles. The summed E-state index contributed by atoms with van der Waals surface area (Å²) in [6, 6.07) is 4.66. The quantitative estimate of drug-likeness (QED) is 0.748. The number of hydrogen-bond donors (Lipinski definition) is 2. The molecule has 1 heterocycles. The molecule has 0 aliphatic carbocycles. The molecule has 1 aliphatic heterocycles. The number of nitrogens with one attached hydrogen (secondary N) is 1. The number of hydrogen-bond acceptors (Lipinski definition) is 5. The SMILES string of the molecule is Cc1cc(S(=O)(=O)N2CCCCC2)ccc1OCC(=O)NCCO. The Morgan fingerprint density at radius 1 is 1.29 bits per heavy atom. The highest BCUT2D eigenvalue weighted by Gasteiger charge is 2.26. The summed E-state index contributed by atoms with van der Waals surface area (Å²) in [6.07, 6.45) is 2.85. The molecular formula is C16H24N2O5S. The van der Waals surface area contributed by atoms with Crippen molar-refractivity contribution in [1.29, 1.82) is 0 Å². The van der Waals surface area contributed by atoms with E-state index in [0.29, 0.717) is 24.4 Å². The molecule has 8 heteroatoms. The molecule has 0 atom stereocenters. The zero-order valence-corrected chi connectivity index (χ0v) is 14.6. The van der Waals surface area contributed by atoms with E-state index < -0.39 is 10.0 Å². The zero-order chi connectivity index (χ0) is 17.6. The van der Waals surface area contributed by atoms with Gasteiger partial charge in [-0.1, -0.05) is 6.42 Å². The van der Waals surface area contributed by atoms with Crippen LogP contribution in [-0.2, 0) is 14.8 Å². The van der Waals surface area contributed by atoms with Crippen LogP contribution >= 0.6 is 0 Å². The van der Waals surface area contributed by atoms with Crippen LogP contribution in [0.5, 0.6) is 5.75 Å². The predicted molar refractivity (Wildman–Crippen MR) is 89.4 cm³/mol. The van der Waals surface area contributed by atoms with E-state index in [4.69, 9.17) is 9.84 Å². The van der Waals surface area contributed by atoms with Crippen molar-refractivity contribution in [2.45, 2.75) is 31.1 Å². The van der Waals surface area contributed by atoms with Crippen molar-refractivity contribution in [3.05, 3.63) is 23.8 Å². The first-order chi connectivity index (χ1) is 11.4. The minimum Gasteiger partial charge on any atom is -0.484 e. The first-order valence-corrected chi connectivity index (χ1v) is 9.50. The number of aliphatic hydroxyl groups is 1. The number of benzene rings is 1. The number of rotatable bonds is 7. The number of carbonyl (C=O) groups is 1. The van der Waals surface area contributed by atoms with Crippen molar-refractivity contribution in [2.75, 3.05) is 32.8 Å². The van der Waals surface area contributed by atoms with Crippen molar-refractivity contribution >= 4 is 15.9 Å². The van der Waals surface area contributed by atoms with Crippen LogP contribution in [0.25, 0.3) is 0 Å². The molecule has 1 fully saturated rings. The molecular weight excluding hydrogens is 332 g/mol. The highest BCUT2D eigenvalue weighted by molar-refractivity contribution is 7.89. The third kappa shape index (κ3) is 4.68. The molecule has 0 spiro atoms. The number of sulfonamides is 1. The van der Waals surface area contributed by atoms with Gasteiger partial charge in [0.2, 0.25) is 10.0 Å². The second-order valence-electron chi connectivity index (χ2n) is 5.75. The molecule has 0 bridgehead atoms. The molecule has 1 aromatic carbocycles. The molecule has 1 aromatic rings. The Balaban J connectivity index is 2.04. The largest absolute Gasteiger partial charge is 0.484 e. The lowest BCUT2D eigenvalue weighted by Gasteiger charge is -2.26. The third-order valence-corrected chi connectivity index (χ3v) is 5.79. The molecule has 2 rings (SSSR count). The number of piperidine rings is 1. The Labute approximate surface area is 142 Å². The Kier molecular flexibility index (Phi) is 6.59. The van der Waals surface area contributed by atoms with E-state index in [9.17, 15) is 13.2 Å². The van der Waals surface area contributed by atoms with Crippen LogP contribution in [0.2, 0.25) is 0 Å². The fourth-order valence-corrected chi connectivity index (χ4v) is 4.19. The summed E-state index contributed by atoms with van der Waals surface area (Å²) in [6.45, 7) is 2.73.